The van der Waals surface area contributed by atoms with Crippen molar-refractivity contribution >= 4 is 21.9 Å². The minimum Gasteiger partial charge on any atom is -0.407 e. The normalized spacial score (nSPS) is 14.8. The van der Waals surface area contributed by atoms with E-state index >= 15 is 0 Å². The van der Waals surface area contributed by atoms with Gasteiger partial charge >= 0.3 is 6.01 Å². The highest BCUT2D eigenvalue weighted by molar-refractivity contribution is 7.89. The first-order valence-electron chi connectivity index (χ1n) is 12.2. The Morgan fingerprint density at radius 1 is 0.971 bits per heavy atom. The number of nitrogens with zero attached hydrogens (tertiary/aromatic N) is 3. The molecule has 8 nitrogen and oxygen atoms in total. The van der Waals surface area contributed by atoms with Gasteiger partial charge in [-0.2, -0.15) is 4.31 Å². The van der Waals surface area contributed by atoms with Crippen molar-refractivity contribution in [2.45, 2.75) is 69.7 Å². The highest BCUT2D eigenvalue weighted by Gasteiger charge is 2.31. The van der Waals surface area contributed by atoms with Crippen LogP contribution >= 0.6 is 0 Å². The Morgan fingerprint density at radius 2 is 1.63 bits per heavy atom. The molecule has 0 bridgehead atoms. The van der Waals surface area contributed by atoms with Gasteiger partial charge in [0.15, 0.2) is 0 Å². The van der Waals surface area contributed by atoms with Crippen molar-refractivity contribution in [3.05, 3.63) is 71.1 Å². The molecular formula is C26H32N4O4S. The number of aryl methyl sites for hydroxylation is 1. The maximum atomic E-state index is 13.2. The van der Waals surface area contributed by atoms with Crippen LogP contribution in [0.1, 0.15) is 73.3 Å². The molecule has 3 aromatic rings. The van der Waals surface area contributed by atoms with Crippen LogP contribution in [-0.2, 0) is 22.9 Å². The van der Waals surface area contributed by atoms with Crippen LogP contribution in [0.2, 0.25) is 0 Å². The minimum atomic E-state index is -3.62. The molecule has 1 aromatic heterocycles. The van der Waals surface area contributed by atoms with Gasteiger partial charge in [-0.25, -0.2) is 8.42 Å². The quantitative estimate of drug-likeness (QED) is 0.455. The van der Waals surface area contributed by atoms with E-state index in [4.69, 9.17) is 4.42 Å². The van der Waals surface area contributed by atoms with E-state index in [0.717, 1.165) is 44.1 Å². The molecule has 0 unspecified atom stereocenters. The second-order valence-corrected chi connectivity index (χ2v) is 10.7. The van der Waals surface area contributed by atoms with Crippen molar-refractivity contribution in [2.75, 3.05) is 11.9 Å². The summed E-state index contributed by atoms with van der Waals surface area (Å²) >= 11 is 0. The Balaban J connectivity index is 1.40. The van der Waals surface area contributed by atoms with Crippen LogP contribution in [0, 0.1) is 0 Å². The largest absolute Gasteiger partial charge is 0.407 e. The molecule has 1 aliphatic rings. The molecule has 35 heavy (non-hydrogen) atoms. The maximum absolute atomic E-state index is 13.2. The number of hydrogen-bond acceptors (Lipinski definition) is 6. The Bertz CT molecular complexity index is 1230. The van der Waals surface area contributed by atoms with E-state index in [0.29, 0.717) is 24.4 Å². The lowest BCUT2D eigenvalue weighted by Gasteiger charge is -2.32. The number of carbonyl (C=O) groups excluding carboxylic acids is 1. The lowest BCUT2D eigenvalue weighted by molar-refractivity contribution is 0.102. The zero-order chi connectivity index (χ0) is 24.8. The smallest absolute Gasteiger partial charge is 0.322 e. The summed E-state index contributed by atoms with van der Waals surface area (Å²) in [5, 5.41) is 10.5. The van der Waals surface area contributed by atoms with Crippen LogP contribution < -0.4 is 5.32 Å². The van der Waals surface area contributed by atoms with Gasteiger partial charge in [0.1, 0.15) is 0 Å². The summed E-state index contributed by atoms with van der Waals surface area (Å²) in [6.07, 6.45) is 6.49. The number of hydrogen-bond donors (Lipinski definition) is 1. The van der Waals surface area contributed by atoms with Gasteiger partial charge in [0.05, 0.1) is 11.3 Å². The molecule has 2 aromatic carbocycles. The predicted molar refractivity (Wildman–Crippen MR) is 134 cm³/mol. The molecule has 0 radical (unpaired) electrons. The van der Waals surface area contributed by atoms with Gasteiger partial charge in [-0.1, -0.05) is 62.5 Å². The predicted octanol–water partition coefficient (Wildman–Crippen LogP) is 4.82. The average Bonchev–Trinajstić information content (AvgIpc) is 3.32. The van der Waals surface area contributed by atoms with Gasteiger partial charge in [-0.05, 0) is 54.7 Å². The summed E-state index contributed by atoms with van der Waals surface area (Å²) in [5.74, 6) is -0.0514. The fourth-order valence-corrected chi connectivity index (χ4v) is 6.21. The second kappa shape index (κ2) is 11.1. The van der Waals surface area contributed by atoms with E-state index in [1.165, 1.54) is 29.8 Å². The highest BCUT2D eigenvalue weighted by Crippen LogP contribution is 2.28. The Hall–Kier alpha value is -3.04. The number of anilines is 1. The molecule has 1 N–H and O–H groups in total. The number of amides is 1. The summed E-state index contributed by atoms with van der Waals surface area (Å²) in [5.41, 5.74) is 2.59. The van der Waals surface area contributed by atoms with E-state index in [1.807, 2.05) is 19.1 Å². The van der Waals surface area contributed by atoms with Gasteiger partial charge < -0.3 is 4.42 Å². The second-order valence-electron chi connectivity index (χ2n) is 8.83. The highest BCUT2D eigenvalue weighted by atomic mass is 32.2. The summed E-state index contributed by atoms with van der Waals surface area (Å²) in [6, 6.07) is 14.2. The molecule has 0 aliphatic heterocycles. The van der Waals surface area contributed by atoms with Crippen LogP contribution in [0.5, 0.6) is 0 Å². The van der Waals surface area contributed by atoms with Crippen LogP contribution in [0.4, 0.5) is 6.01 Å². The summed E-state index contributed by atoms with van der Waals surface area (Å²) in [4.78, 5) is 12.8. The van der Waals surface area contributed by atoms with Gasteiger partial charge in [0.25, 0.3) is 5.91 Å². The van der Waals surface area contributed by atoms with Crippen molar-refractivity contribution < 1.29 is 17.6 Å². The number of carbonyl (C=O) groups is 1. The summed E-state index contributed by atoms with van der Waals surface area (Å²) < 4.78 is 33.6. The molecule has 1 saturated carbocycles. The lowest BCUT2D eigenvalue weighted by atomic mass is 9.95. The zero-order valence-electron chi connectivity index (χ0n) is 20.2. The first kappa shape index (κ1) is 25.1. The number of rotatable bonds is 9. The molecule has 4 rings (SSSR count). The summed E-state index contributed by atoms with van der Waals surface area (Å²) in [6.45, 7) is 4.40. The minimum absolute atomic E-state index is 0.00123. The Morgan fingerprint density at radius 3 is 2.26 bits per heavy atom. The van der Waals surface area contributed by atoms with Crippen molar-refractivity contribution in [1.29, 1.82) is 0 Å². The summed E-state index contributed by atoms with van der Waals surface area (Å²) in [7, 11) is -3.62. The molecule has 1 fully saturated rings. The third kappa shape index (κ3) is 5.97. The third-order valence-corrected chi connectivity index (χ3v) is 8.53. The van der Waals surface area contributed by atoms with Crippen molar-refractivity contribution in [3.63, 3.8) is 0 Å². The standard InChI is InChI=1S/C26H32N4O4S/c1-3-19-10-12-20(13-11-19)18-24-28-29-26(34-24)27-25(31)21-14-16-23(17-15-21)35(32,33)30(4-2)22-8-6-5-7-9-22/h10-17,22H,3-9,18H2,1-2H3,(H,27,29,31). The topological polar surface area (TPSA) is 105 Å². The Labute approximate surface area is 206 Å². The molecule has 1 amide bonds. The molecule has 0 spiro atoms. The number of aromatic nitrogens is 2. The molecule has 0 saturated heterocycles. The van der Waals surface area contributed by atoms with Gasteiger partial charge in [-0.15, -0.1) is 5.10 Å². The molecule has 186 valence electrons. The van der Waals surface area contributed by atoms with E-state index in [1.54, 1.807) is 4.31 Å². The van der Waals surface area contributed by atoms with Crippen molar-refractivity contribution in [2.24, 2.45) is 0 Å². The Kier molecular flexibility index (Phi) is 7.97. The molecule has 9 heteroatoms. The van der Waals surface area contributed by atoms with Gasteiger partial charge in [0, 0.05) is 18.2 Å². The van der Waals surface area contributed by atoms with Crippen LogP contribution in [0.25, 0.3) is 0 Å². The fraction of sp³-hybridized carbons (Fsp3) is 0.423. The maximum Gasteiger partial charge on any atom is 0.322 e. The number of benzene rings is 2. The number of sulfonamides is 1. The van der Waals surface area contributed by atoms with E-state index in [2.05, 4.69) is 34.6 Å². The van der Waals surface area contributed by atoms with Crippen molar-refractivity contribution in [1.82, 2.24) is 14.5 Å². The average molecular weight is 497 g/mol. The lowest BCUT2D eigenvalue weighted by Crippen LogP contribution is -2.41. The molecule has 0 atom stereocenters. The van der Waals surface area contributed by atoms with E-state index in [9.17, 15) is 13.2 Å². The first-order chi connectivity index (χ1) is 16.9. The van der Waals surface area contributed by atoms with E-state index < -0.39 is 15.9 Å². The van der Waals surface area contributed by atoms with Crippen LogP contribution in [0.3, 0.4) is 0 Å². The molecule has 1 heterocycles. The van der Waals surface area contributed by atoms with Crippen LogP contribution in [-0.4, -0.2) is 41.4 Å². The van der Waals surface area contributed by atoms with Crippen molar-refractivity contribution in [3.8, 4) is 0 Å². The monoisotopic (exact) mass is 496 g/mol. The van der Waals surface area contributed by atoms with Gasteiger partial charge in [0.2, 0.25) is 15.9 Å². The van der Waals surface area contributed by atoms with E-state index in [-0.39, 0.29) is 17.0 Å². The fourth-order valence-electron chi connectivity index (χ4n) is 4.52. The number of nitrogens with one attached hydrogen (secondary N) is 1. The van der Waals surface area contributed by atoms with Crippen LogP contribution in [0.15, 0.2) is 57.8 Å². The molecule has 1 aliphatic carbocycles. The van der Waals surface area contributed by atoms with Gasteiger partial charge in [-0.3, -0.25) is 10.1 Å². The SMILES string of the molecule is CCc1ccc(Cc2nnc(NC(=O)c3ccc(S(=O)(=O)N(CC)C4CCCCC4)cc3)o2)cc1. The zero-order valence-corrected chi connectivity index (χ0v) is 21.1. The first-order valence-corrected chi connectivity index (χ1v) is 13.7. The molecular weight excluding hydrogens is 464 g/mol. The third-order valence-electron chi connectivity index (χ3n) is 6.49.